The molecule has 1 aliphatic heterocycles. The summed E-state index contributed by atoms with van der Waals surface area (Å²) in [7, 11) is 0. The van der Waals surface area contributed by atoms with Crippen LogP contribution >= 0.6 is 11.6 Å². The summed E-state index contributed by atoms with van der Waals surface area (Å²) in [6, 6.07) is 9.71. The van der Waals surface area contributed by atoms with Gasteiger partial charge in [0.2, 0.25) is 5.91 Å². The number of hydrogen-bond acceptors (Lipinski definition) is 4. The number of benzene rings is 2. The van der Waals surface area contributed by atoms with Crippen LogP contribution in [0, 0.1) is 0 Å². The zero-order valence-electron chi connectivity index (χ0n) is 21.8. The molecule has 0 bridgehead atoms. The Kier molecular flexibility index (Phi) is 7.97. The third-order valence-corrected chi connectivity index (χ3v) is 6.74. The van der Waals surface area contributed by atoms with E-state index in [-0.39, 0.29) is 23.6 Å². The van der Waals surface area contributed by atoms with Crippen LogP contribution in [0.15, 0.2) is 53.5 Å². The lowest BCUT2D eigenvalue weighted by Gasteiger charge is -2.29. The predicted octanol–water partition coefficient (Wildman–Crippen LogP) is 6.25. The third-order valence-electron chi connectivity index (χ3n) is 6.41. The molecular formula is C28H29ClF3N3O4. The van der Waals surface area contributed by atoms with Crippen molar-refractivity contribution in [1.82, 2.24) is 9.47 Å². The Balaban J connectivity index is 1.52. The zero-order valence-corrected chi connectivity index (χ0v) is 22.5. The van der Waals surface area contributed by atoms with Crippen molar-refractivity contribution in [2.75, 3.05) is 11.9 Å². The third kappa shape index (κ3) is 6.73. The molecule has 0 saturated carbocycles. The van der Waals surface area contributed by atoms with Gasteiger partial charge in [0.1, 0.15) is 5.60 Å². The fraction of sp³-hybridized carbons (Fsp3) is 0.393. The van der Waals surface area contributed by atoms with Crippen LogP contribution < -0.4 is 10.9 Å². The van der Waals surface area contributed by atoms with E-state index in [4.69, 9.17) is 16.3 Å². The number of nitrogens with one attached hydrogen (secondary N) is 1. The molecule has 1 aliphatic rings. The van der Waals surface area contributed by atoms with Gasteiger partial charge in [-0.1, -0.05) is 23.7 Å². The van der Waals surface area contributed by atoms with Crippen molar-refractivity contribution >= 4 is 40.1 Å². The Morgan fingerprint density at radius 1 is 1.10 bits per heavy atom. The summed E-state index contributed by atoms with van der Waals surface area (Å²) in [5.74, 6) is -0.541. The lowest BCUT2D eigenvalue weighted by molar-refractivity contribution is -0.137. The number of halogens is 4. The van der Waals surface area contributed by atoms with Gasteiger partial charge in [-0.2, -0.15) is 13.2 Å². The van der Waals surface area contributed by atoms with Crippen LogP contribution in [0.3, 0.4) is 0 Å². The highest BCUT2D eigenvalue weighted by Gasteiger charge is 2.34. The second-order valence-corrected chi connectivity index (χ2v) is 11.0. The Morgan fingerprint density at radius 3 is 2.54 bits per heavy atom. The van der Waals surface area contributed by atoms with E-state index in [1.807, 2.05) is 0 Å². The maximum absolute atomic E-state index is 13.3. The minimum atomic E-state index is -4.64. The van der Waals surface area contributed by atoms with Gasteiger partial charge in [-0.25, -0.2) is 4.79 Å². The summed E-state index contributed by atoms with van der Waals surface area (Å²) in [5.41, 5.74) is -1.40. The number of rotatable bonds is 5. The normalized spacial score (nSPS) is 16.0. The number of pyridine rings is 1. The van der Waals surface area contributed by atoms with Crippen LogP contribution in [-0.2, 0) is 28.7 Å². The SMILES string of the molecule is CC(C)(C)OC(=O)N1CCC[C@H]1Cn1ccc2c(NC(=O)Cc3ccc(Cl)c(C(F)(F)F)c3)cccc2c1=O. The molecule has 39 heavy (non-hydrogen) atoms. The molecule has 4 rings (SSSR count). The molecule has 1 aromatic heterocycles. The van der Waals surface area contributed by atoms with E-state index in [9.17, 15) is 27.6 Å². The van der Waals surface area contributed by atoms with Crippen LogP contribution in [0.1, 0.15) is 44.7 Å². The first-order valence-electron chi connectivity index (χ1n) is 12.5. The highest BCUT2D eigenvalue weighted by Crippen LogP contribution is 2.35. The van der Waals surface area contributed by atoms with Crippen LogP contribution in [0.5, 0.6) is 0 Å². The highest BCUT2D eigenvalue weighted by atomic mass is 35.5. The lowest BCUT2D eigenvalue weighted by atomic mass is 10.1. The maximum atomic E-state index is 13.3. The molecule has 2 amide bonds. The maximum Gasteiger partial charge on any atom is 0.417 e. The number of aromatic nitrogens is 1. The monoisotopic (exact) mass is 563 g/mol. The minimum Gasteiger partial charge on any atom is -0.444 e. The van der Waals surface area contributed by atoms with Crippen molar-refractivity contribution < 1.29 is 27.5 Å². The standard InChI is InChI=1S/C28H29ClF3N3O4/c1-27(2,3)39-26(38)35-12-5-6-18(35)16-34-13-11-19-20(25(34)37)7-4-8-23(19)33-24(36)15-17-9-10-22(29)21(14-17)28(30,31)32/h4,7-11,13-14,18H,5-6,12,15-16H2,1-3H3,(H,33,36)/t18-/m0/s1. The van der Waals surface area contributed by atoms with Crippen LogP contribution in [0.4, 0.5) is 23.7 Å². The van der Waals surface area contributed by atoms with E-state index < -0.39 is 34.4 Å². The zero-order chi connectivity index (χ0) is 28.5. The van der Waals surface area contributed by atoms with Crippen LogP contribution in [-0.4, -0.2) is 39.7 Å². The number of nitrogens with zero attached hydrogens (tertiary/aromatic N) is 2. The molecule has 1 fully saturated rings. The molecule has 7 nitrogen and oxygen atoms in total. The first-order valence-corrected chi connectivity index (χ1v) is 12.9. The fourth-order valence-corrected chi connectivity index (χ4v) is 4.89. The number of carbonyl (C=O) groups excluding carboxylic acids is 2. The first-order chi connectivity index (χ1) is 18.2. The Labute approximate surface area is 228 Å². The van der Waals surface area contributed by atoms with Gasteiger partial charge in [0, 0.05) is 35.7 Å². The molecule has 208 valence electrons. The van der Waals surface area contributed by atoms with E-state index in [2.05, 4.69) is 5.32 Å². The molecule has 2 heterocycles. The molecule has 1 N–H and O–H groups in total. The van der Waals surface area contributed by atoms with E-state index in [1.165, 1.54) is 10.6 Å². The predicted molar refractivity (Wildman–Crippen MR) is 143 cm³/mol. The molecule has 2 aromatic carbocycles. The smallest absolute Gasteiger partial charge is 0.417 e. The van der Waals surface area contributed by atoms with Crippen molar-refractivity contribution in [3.63, 3.8) is 0 Å². The molecule has 11 heteroatoms. The van der Waals surface area contributed by atoms with Gasteiger partial charge in [0.15, 0.2) is 0 Å². The number of likely N-dealkylation sites (tertiary alicyclic amines) is 1. The number of hydrogen-bond donors (Lipinski definition) is 1. The van der Waals surface area contributed by atoms with Crippen molar-refractivity contribution in [2.24, 2.45) is 0 Å². The van der Waals surface area contributed by atoms with E-state index in [0.29, 0.717) is 29.5 Å². The molecule has 1 saturated heterocycles. The summed E-state index contributed by atoms with van der Waals surface area (Å²) in [6.07, 6.45) is -2.20. The lowest BCUT2D eigenvalue weighted by Crippen LogP contribution is -2.42. The van der Waals surface area contributed by atoms with Gasteiger partial charge < -0.3 is 19.5 Å². The number of amides is 2. The summed E-state index contributed by atoms with van der Waals surface area (Å²) < 4.78 is 46.6. The quantitative estimate of drug-likeness (QED) is 0.398. The molecule has 0 aliphatic carbocycles. The van der Waals surface area contributed by atoms with Gasteiger partial charge >= 0.3 is 12.3 Å². The Bertz CT molecular complexity index is 1460. The molecule has 0 spiro atoms. The average Bonchev–Trinajstić information content (AvgIpc) is 3.29. The summed E-state index contributed by atoms with van der Waals surface area (Å²) in [4.78, 5) is 40.3. The summed E-state index contributed by atoms with van der Waals surface area (Å²) >= 11 is 5.66. The number of ether oxygens (including phenoxy) is 1. The van der Waals surface area contributed by atoms with E-state index in [1.54, 1.807) is 56.1 Å². The Hall–Kier alpha value is -3.53. The Morgan fingerprint density at radius 2 is 1.85 bits per heavy atom. The van der Waals surface area contributed by atoms with Crippen molar-refractivity contribution in [1.29, 1.82) is 0 Å². The second-order valence-electron chi connectivity index (χ2n) is 10.5. The molecule has 3 aromatic rings. The van der Waals surface area contributed by atoms with Crippen molar-refractivity contribution in [2.45, 2.75) is 64.4 Å². The number of anilines is 1. The number of fused-ring (bicyclic) bond motifs is 1. The summed E-state index contributed by atoms with van der Waals surface area (Å²) in [5, 5.41) is 3.12. The van der Waals surface area contributed by atoms with Crippen LogP contribution in [0.25, 0.3) is 10.8 Å². The van der Waals surface area contributed by atoms with Gasteiger partial charge in [-0.05, 0) is 69.5 Å². The summed E-state index contributed by atoms with van der Waals surface area (Å²) in [6.45, 7) is 6.25. The number of alkyl halides is 3. The van der Waals surface area contributed by atoms with Gasteiger partial charge in [0.25, 0.3) is 5.56 Å². The topological polar surface area (TPSA) is 80.6 Å². The van der Waals surface area contributed by atoms with Gasteiger partial charge in [0.05, 0.1) is 23.0 Å². The molecule has 0 unspecified atom stereocenters. The van der Waals surface area contributed by atoms with Gasteiger partial charge in [-0.15, -0.1) is 0 Å². The van der Waals surface area contributed by atoms with E-state index in [0.717, 1.165) is 25.0 Å². The molecule has 1 atom stereocenters. The fourth-order valence-electron chi connectivity index (χ4n) is 4.66. The second kappa shape index (κ2) is 10.9. The average molecular weight is 564 g/mol. The molecular weight excluding hydrogens is 535 g/mol. The van der Waals surface area contributed by atoms with Gasteiger partial charge in [-0.3, -0.25) is 9.59 Å². The minimum absolute atomic E-state index is 0.151. The molecule has 0 radical (unpaired) electrons. The van der Waals surface area contributed by atoms with Crippen LogP contribution in [0.2, 0.25) is 5.02 Å². The largest absolute Gasteiger partial charge is 0.444 e. The first kappa shape index (κ1) is 28.5. The number of carbonyl (C=O) groups is 2. The van der Waals surface area contributed by atoms with Crippen molar-refractivity contribution in [3.05, 3.63) is 75.2 Å². The van der Waals surface area contributed by atoms with Crippen molar-refractivity contribution in [3.8, 4) is 0 Å². The van der Waals surface area contributed by atoms with E-state index >= 15 is 0 Å². The highest BCUT2D eigenvalue weighted by molar-refractivity contribution is 6.31.